The van der Waals surface area contributed by atoms with Crippen LogP contribution in [0.1, 0.15) is 44.9 Å². The quantitative estimate of drug-likeness (QED) is 0.796. The number of thioether (sulfide) groups is 1. The van der Waals surface area contributed by atoms with Crippen molar-refractivity contribution in [3.63, 3.8) is 0 Å². The molecule has 0 aromatic rings. The Morgan fingerprint density at radius 2 is 1.74 bits per heavy atom. The van der Waals surface area contributed by atoms with E-state index in [1.165, 1.54) is 43.9 Å². The second kappa shape index (κ2) is 4.57. The van der Waals surface area contributed by atoms with Crippen molar-refractivity contribution < 1.29 is 13.2 Å². The van der Waals surface area contributed by atoms with Crippen LogP contribution in [0, 0.1) is 5.41 Å². The summed E-state index contributed by atoms with van der Waals surface area (Å²) in [5.74, 6) is 0.923. The fraction of sp³-hybridized carbons (Fsp3) is 0.923. The molecule has 2 aliphatic carbocycles. The van der Waals surface area contributed by atoms with Crippen LogP contribution >= 0.6 is 11.8 Å². The van der Waals surface area contributed by atoms with Crippen LogP contribution in [-0.2, 0) is 0 Å². The lowest BCUT2D eigenvalue weighted by molar-refractivity contribution is -0.161. The third-order valence-corrected chi connectivity index (χ3v) is 5.89. The summed E-state index contributed by atoms with van der Waals surface area (Å²) >= 11 is 1.49. The van der Waals surface area contributed by atoms with E-state index in [4.69, 9.17) is 0 Å². The van der Waals surface area contributed by atoms with E-state index in [1.54, 1.807) is 0 Å². The largest absolute Gasteiger partial charge is 0.411 e. The monoisotopic (exact) mass is 292 g/mol. The first-order valence-electron chi connectivity index (χ1n) is 6.97. The van der Waals surface area contributed by atoms with E-state index < -0.39 is 11.7 Å². The van der Waals surface area contributed by atoms with Gasteiger partial charge in [0.1, 0.15) is 5.54 Å². The molecule has 3 aliphatic rings. The first kappa shape index (κ1) is 13.6. The number of aliphatic imine (C=N–C) groups is 1. The van der Waals surface area contributed by atoms with Crippen molar-refractivity contribution in [3.8, 4) is 0 Å². The lowest BCUT2D eigenvalue weighted by Gasteiger charge is -2.39. The number of hydrogen-bond acceptors (Lipinski definition) is 3. The van der Waals surface area contributed by atoms with Gasteiger partial charge in [-0.05, 0) is 31.1 Å². The fourth-order valence-corrected chi connectivity index (χ4v) is 4.29. The average Bonchev–Trinajstić information content (AvgIpc) is 3.14. The maximum atomic E-state index is 12.9. The zero-order chi connectivity index (χ0) is 13.6. The highest BCUT2D eigenvalue weighted by atomic mass is 32.2. The summed E-state index contributed by atoms with van der Waals surface area (Å²) in [6.07, 6.45) is 2.34. The van der Waals surface area contributed by atoms with Crippen LogP contribution in [0.4, 0.5) is 13.2 Å². The summed E-state index contributed by atoms with van der Waals surface area (Å²) in [7, 11) is 0. The van der Waals surface area contributed by atoms with E-state index in [9.17, 15) is 13.2 Å². The average molecular weight is 292 g/mol. The van der Waals surface area contributed by atoms with Gasteiger partial charge in [0.25, 0.3) is 0 Å². The number of hydrogen-bond donors (Lipinski definition) is 1. The highest BCUT2D eigenvalue weighted by Gasteiger charge is 2.64. The normalized spacial score (nSPS) is 28.9. The molecule has 2 saturated carbocycles. The van der Waals surface area contributed by atoms with Crippen LogP contribution in [0.15, 0.2) is 4.99 Å². The Labute approximate surface area is 115 Å². The van der Waals surface area contributed by atoms with E-state index in [2.05, 4.69) is 10.3 Å². The molecule has 1 heterocycles. The molecule has 6 heteroatoms. The molecule has 2 nitrogen and oxygen atoms in total. The summed E-state index contributed by atoms with van der Waals surface area (Å²) in [6.45, 7) is 0.705. The number of rotatable bonds is 1. The third kappa shape index (κ3) is 2.60. The maximum Gasteiger partial charge on any atom is 0.411 e. The zero-order valence-corrected chi connectivity index (χ0v) is 11.7. The summed E-state index contributed by atoms with van der Waals surface area (Å²) in [5.41, 5.74) is -1.40. The van der Waals surface area contributed by atoms with Gasteiger partial charge in [-0.25, -0.2) is 0 Å². The van der Waals surface area contributed by atoms with Crippen molar-refractivity contribution >= 4 is 16.9 Å². The molecule has 1 aliphatic heterocycles. The third-order valence-electron chi connectivity index (χ3n) is 4.63. The predicted octanol–water partition coefficient (Wildman–Crippen LogP) is 3.72. The Kier molecular flexibility index (Phi) is 3.27. The van der Waals surface area contributed by atoms with E-state index >= 15 is 0 Å². The van der Waals surface area contributed by atoms with Gasteiger partial charge >= 0.3 is 6.18 Å². The molecule has 1 N–H and O–H groups in total. The highest BCUT2D eigenvalue weighted by molar-refractivity contribution is 8.13. The second-order valence-electron chi connectivity index (χ2n) is 6.18. The zero-order valence-electron chi connectivity index (χ0n) is 10.9. The molecule has 2 fully saturated rings. The molecule has 3 rings (SSSR count). The summed E-state index contributed by atoms with van der Waals surface area (Å²) in [4.78, 5) is 4.41. The van der Waals surface area contributed by atoms with Crippen molar-refractivity contribution in [2.75, 3.05) is 12.3 Å². The van der Waals surface area contributed by atoms with Crippen LogP contribution in [0.2, 0.25) is 0 Å². The van der Waals surface area contributed by atoms with Gasteiger partial charge in [-0.3, -0.25) is 4.99 Å². The first-order valence-corrected chi connectivity index (χ1v) is 7.96. The summed E-state index contributed by atoms with van der Waals surface area (Å²) < 4.78 is 38.6. The van der Waals surface area contributed by atoms with Gasteiger partial charge in [0.2, 0.25) is 0 Å². The van der Waals surface area contributed by atoms with Gasteiger partial charge in [0.15, 0.2) is 5.17 Å². The minimum Gasteiger partial charge on any atom is -0.351 e. The molecule has 108 valence electrons. The molecule has 0 aromatic heterocycles. The SMILES string of the molecule is FC(F)(F)C1(NC2=NCC3(CCCCC3)CS2)CC1. The number of halogens is 3. The Morgan fingerprint density at radius 3 is 2.21 bits per heavy atom. The maximum absolute atomic E-state index is 12.9. The summed E-state index contributed by atoms with van der Waals surface area (Å²) in [5, 5.41) is 3.16. The lowest BCUT2D eigenvalue weighted by atomic mass is 9.75. The minimum atomic E-state index is -4.16. The van der Waals surface area contributed by atoms with E-state index in [1.807, 2.05) is 0 Å². The van der Waals surface area contributed by atoms with Crippen molar-refractivity contribution in [1.82, 2.24) is 5.32 Å². The molecule has 0 radical (unpaired) electrons. The molecule has 0 amide bonds. The van der Waals surface area contributed by atoms with Crippen molar-refractivity contribution in [3.05, 3.63) is 0 Å². The van der Waals surface area contributed by atoms with Gasteiger partial charge < -0.3 is 5.32 Å². The Balaban J connectivity index is 1.62. The second-order valence-corrected chi connectivity index (χ2v) is 7.14. The molecule has 0 bridgehead atoms. The molecule has 0 atom stereocenters. The molecule has 0 saturated heterocycles. The van der Waals surface area contributed by atoms with Crippen LogP contribution in [0.3, 0.4) is 0 Å². The highest BCUT2D eigenvalue weighted by Crippen LogP contribution is 2.50. The molecule has 0 unspecified atom stereocenters. The first-order chi connectivity index (χ1) is 8.95. The molecular formula is C13H19F3N2S. The van der Waals surface area contributed by atoms with E-state index in [-0.39, 0.29) is 18.3 Å². The fourth-order valence-electron chi connectivity index (χ4n) is 3.04. The Hall–Kier alpha value is -0.390. The molecular weight excluding hydrogens is 273 g/mol. The molecule has 1 spiro atoms. The minimum absolute atomic E-state index is 0.182. The van der Waals surface area contributed by atoms with Crippen LogP contribution in [0.5, 0.6) is 0 Å². The van der Waals surface area contributed by atoms with Crippen molar-refractivity contribution in [1.29, 1.82) is 0 Å². The number of amidine groups is 1. The Bertz CT molecular complexity index is 382. The van der Waals surface area contributed by atoms with E-state index in [0.717, 1.165) is 5.75 Å². The van der Waals surface area contributed by atoms with Gasteiger partial charge in [-0.15, -0.1) is 0 Å². The lowest BCUT2D eigenvalue weighted by Crippen LogP contribution is -2.48. The number of nitrogens with one attached hydrogen (secondary N) is 1. The van der Waals surface area contributed by atoms with Gasteiger partial charge in [0, 0.05) is 12.3 Å². The van der Waals surface area contributed by atoms with Gasteiger partial charge in [-0.2, -0.15) is 13.2 Å². The van der Waals surface area contributed by atoms with Crippen LogP contribution in [0.25, 0.3) is 0 Å². The van der Waals surface area contributed by atoms with Gasteiger partial charge in [-0.1, -0.05) is 31.0 Å². The Morgan fingerprint density at radius 1 is 1.05 bits per heavy atom. The number of nitrogens with zero attached hydrogens (tertiary/aromatic N) is 1. The smallest absolute Gasteiger partial charge is 0.351 e. The molecule has 19 heavy (non-hydrogen) atoms. The predicted molar refractivity (Wildman–Crippen MR) is 71.4 cm³/mol. The van der Waals surface area contributed by atoms with Gasteiger partial charge in [0.05, 0.1) is 0 Å². The van der Waals surface area contributed by atoms with Crippen molar-refractivity contribution in [2.45, 2.75) is 56.7 Å². The van der Waals surface area contributed by atoms with Crippen LogP contribution < -0.4 is 5.32 Å². The van der Waals surface area contributed by atoms with E-state index in [0.29, 0.717) is 11.7 Å². The summed E-state index contributed by atoms with van der Waals surface area (Å²) in [6, 6.07) is 0. The molecule has 0 aromatic carbocycles. The standard InChI is InChI=1S/C13H19F3N2S/c14-13(15,16)12(6-7-12)18-10-17-8-11(9-19-10)4-2-1-3-5-11/h1-9H2,(H,17,18). The van der Waals surface area contributed by atoms with Crippen molar-refractivity contribution in [2.24, 2.45) is 10.4 Å². The van der Waals surface area contributed by atoms with Crippen LogP contribution in [-0.4, -0.2) is 29.2 Å². The topological polar surface area (TPSA) is 24.4 Å². The number of alkyl halides is 3.